The number of hydrogen-bond acceptors (Lipinski definition) is 3. The van der Waals surface area contributed by atoms with E-state index in [1.54, 1.807) is 11.1 Å². The Balaban J connectivity index is 1.72. The zero-order valence-electron chi connectivity index (χ0n) is 14.5. The Kier molecular flexibility index (Phi) is 4.19. The number of allylic oxidation sites excluding steroid dienone is 1. The van der Waals surface area contributed by atoms with Gasteiger partial charge in [-0.3, -0.25) is 9.80 Å². The Morgan fingerprint density at radius 1 is 1.22 bits per heavy atom. The van der Waals surface area contributed by atoms with Gasteiger partial charge in [0.15, 0.2) is 0 Å². The van der Waals surface area contributed by atoms with Crippen molar-refractivity contribution in [2.75, 3.05) is 0 Å². The molecule has 1 aromatic rings. The lowest BCUT2D eigenvalue weighted by atomic mass is 9.86. The van der Waals surface area contributed by atoms with Gasteiger partial charge in [-0.15, -0.1) is 0 Å². The van der Waals surface area contributed by atoms with Crippen molar-refractivity contribution < 1.29 is 4.79 Å². The first-order chi connectivity index (χ1) is 10.9. The number of rotatable bonds is 3. The zero-order chi connectivity index (χ0) is 16.6. The van der Waals surface area contributed by atoms with Gasteiger partial charge in [0.1, 0.15) is 6.17 Å². The largest absolute Gasteiger partial charge is 0.367 e. The van der Waals surface area contributed by atoms with Crippen LogP contribution in [0.25, 0.3) is 0 Å². The molecule has 0 radical (unpaired) electrons. The maximum absolute atomic E-state index is 12.3. The van der Waals surface area contributed by atoms with Crippen molar-refractivity contribution in [2.45, 2.75) is 64.6 Å². The van der Waals surface area contributed by atoms with E-state index < -0.39 is 0 Å². The van der Waals surface area contributed by atoms with Crippen molar-refractivity contribution in [3.05, 3.63) is 47.2 Å². The van der Waals surface area contributed by atoms with E-state index in [1.807, 2.05) is 0 Å². The van der Waals surface area contributed by atoms with Crippen molar-refractivity contribution in [3.63, 3.8) is 0 Å². The minimum atomic E-state index is 0.0568. The number of nitrogens with zero attached hydrogens (tertiary/aromatic N) is 1. The maximum Gasteiger partial charge on any atom is 0.264 e. The summed E-state index contributed by atoms with van der Waals surface area (Å²) in [5, 5.41) is 5.22. The molecule has 1 fully saturated rings. The lowest BCUT2D eigenvalue weighted by Gasteiger charge is -2.30. The molecular formula is C19H27N3O. The van der Waals surface area contributed by atoms with Gasteiger partial charge < -0.3 is 5.32 Å². The zero-order valence-corrected chi connectivity index (χ0v) is 14.5. The first-order valence-corrected chi connectivity index (χ1v) is 8.55. The number of fused-ring (bicyclic) bond motifs is 1. The van der Waals surface area contributed by atoms with Crippen LogP contribution in [-0.4, -0.2) is 17.1 Å². The minimum absolute atomic E-state index is 0.0568. The summed E-state index contributed by atoms with van der Waals surface area (Å²) in [6.45, 7) is 8.80. The van der Waals surface area contributed by atoms with E-state index in [1.165, 1.54) is 11.1 Å². The van der Waals surface area contributed by atoms with Crippen LogP contribution in [0, 0.1) is 0 Å². The lowest BCUT2D eigenvalue weighted by Crippen LogP contribution is -2.51. The van der Waals surface area contributed by atoms with E-state index in [0.29, 0.717) is 0 Å². The molecule has 1 amide bonds. The number of carbonyl (C=O) groups excluding carboxylic acids is 1. The molecule has 23 heavy (non-hydrogen) atoms. The highest BCUT2D eigenvalue weighted by Crippen LogP contribution is 2.31. The number of hydrogen-bond donors (Lipinski definition) is 2. The Morgan fingerprint density at radius 2 is 1.91 bits per heavy atom. The molecule has 0 saturated carbocycles. The summed E-state index contributed by atoms with van der Waals surface area (Å²) in [6.07, 6.45) is 4.64. The molecule has 3 rings (SSSR count). The Morgan fingerprint density at radius 3 is 2.52 bits per heavy atom. The minimum Gasteiger partial charge on any atom is -0.367 e. The van der Waals surface area contributed by atoms with E-state index in [9.17, 15) is 4.79 Å². The quantitative estimate of drug-likeness (QED) is 0.899. The van der Waals surface area contributed by atoms with E-state index in [0.717, 1.165) is 25.0 Å². The summed E-state index contributed by atoms with van der Waals surface area (Å²) in [7, 11) is 0. The van der Waals surface area contributed by atoms with Crippen molar-refractivity contribution >= 4 is 5.91 Å². The number of nitrogens with one attached hydrogen (secondary N) is 2. The van der Waals surface area contributed by atoms with Crippen molar-refractivity contribution in [1.82, 2.24) is 15.8 Å². The monoisotopic (exact) mass is 313 g/mol. The SMILES string of the molecule is CCCC1=CC(=O)N2NC(c3ccc(C(C)(C)C)cc3)CC2N1. The maximum atomic E-state index is 12.3. The third-order valence-electron chi connectivity index (χ3n) is 4.65. The molecule has 2 N–H and O–H groups in total. The average Bonchev–Trinajstić information content (AvgIpc) is 2.91. The van der Waals surface area contributed by atoms with Crippen LogP contribution >= 0.6 is 0 Å². The van der Waals surface area contributed by atoms with Gasteiger partial charge in [0, 0.05) is 18.2 Å². The summed E-state index contributed by atoms with van der Waals surface area (Å²) < 4.78 is 0. The third-order valence-corrected chi connectivity index (χ3v) is 4.65. The molecule has 4 nitrogen and oxygen atoms in total. The van der Waals surface area contributed by atoms with E-state index in [-0.39, 0.29) is 23.5 Å². The fourth-order valence-corrected chi connectivity index (χ4v) is 3.29. The molecule has 0 aliphatic carbocycles. The fraction of sp³-hybridized carbons (Fsp3) is 0.526. The van der Waals surface area contributed by atoms with Crippen molar-refractivity contribution in [3.8, 4) is 0 Å². The summed E-state index contributed by atoms with van der Waals surface area (Å²) in [4.78, 5) is 12.3. The summed E-state index contributed by atoms with van der Waals surface area (Å²) in [6, 6.07) is 8.94. The highest BCUT2D eigenvalue weighted by Gasteiger charge is 2.37. The van der Waals surface area contributed by atoms with Gasteiger partial charge in [-0.1, -0.05) is 58.4 Å². The molecule has 2 atom stereocenters. The predicted octanol–water partition coefficient (Wildman–Crippen LogP) is 3.38. The highest BCUT2D eigenvalue weighted by atomic mass is 16.2. The fourth-order valence-electron chi connectivity index (χ4n) is 3.29. The second kappa shape index (κ2) is 6.00. The normalized spacial score (nSPS) is 24.3. The van der Waals surface area contributed by atoms with Crippen LogP contribution in [0.15, 0.2) is 36.0 Å². The second-order valence-corrected chi connectivity index (χ2v) is 7.58. The first-order valence-electron chi connectivity index (χ1n) is 8.55. The van der Waals surface area contributed by atoms with Crippen molar-refractivity contribution in [1.29, 1.82) is 0 Å². The predicted molar refractivity (Wildman–Crippen MR) is 92.4 cm³/mol. The summed E-state index contributed by atoms with van der Waals surface area (Å²) in [5.41, 5.74) is 7.15. The van der Waals surface area contributed by atoms with Gasteiger partial charge >= 0.3 is 0 Å². The molecule has 1 saturated heterocycles. The Labute approximate surface area is 138 Å². The Bertz CT molecular complexity index is 612. The summed E-state index contributed by atoms with van der Waals surface area (Å²) in [5.74, 6) is 0.0611. The number of amides is 1. The molecule has 0 bridgehead atoms. The average molecular weight is 313 g/mol. The molecule has 0 spiro atoms. The Hall–Kier alpha value is -1.81. The van der Waals surface area contributed by atoms with E-state index in [2.05, 4.69) is 62.7 Å². The molecule has 2 aliphatic heterocycles. The van der Waals surface area contributed by atoms with Crippen LogP contribution in [0.5, 0.6) is 0 Å². The third kappa shape index (κ3) is 3.27. The number of carbonyl (C=O) groups is 1. The second-order valence-electron chi connectivity index (χ2n) is 7.58. The van der Waals surface area contributed by atoms with E-state index in [4.69, 9.17) is 0 Å². The summed E-state index contributed by atoms with van der Waals surface area (Å²) >= 11 is 0. The van der Waals surface area contributed by atoms with Gasteiger partial charge in [-0.05, 0) is 23.0 Å². The van der Waals surface area contributed by atoms with Crippen LogP contribution in [-0.2, 0) is 10.2 Å². The van der Waals surface area contributed by atoms with Crippen LogP contribution in [0.2, 0.25) is 0 Å². The topological polar surface area (TPSA) is 44.4 Å². The van der Waals surface area contributed by atoms with Crippen LogP contribution in [0.3, 0.4) is 0 Å². The smallest absolute Gasteiger partial charge is 0.264 e. The van der Waals surface area contributed by atoms with Crippen LogP contribution in [0.1, 0.15) is 64.1 Å². The molecule has 0 aromatic heterocycles. The first kappa shape index (κ1) is 16.1. The van der Waals surface area contributed by atoms with E-state index >= 15 is 0 Å². The number of hydrazine groups is 1. The van der Waals surface area contributed by atoms with Gasteiger partial charge in [0.2, 0.25) is 0 Å². The molecule has 2 unspecified atom stereocenters. The molecular weight excluding hydrogens is 286 g/mol. The number of benzene rings is 1. The lowest BCUT2D eigenvalue weighted by molar-refractivity contribution is -0.131. The molecule has 2 heterocycles. The molecule has 1 aromatic carbocycles. The van der Waals surface area contributed by atoms with Gasteiger partial charge in [-0.25, -0.2) is 5.43 Å². The molecule has 2 aliphatic rings. The van der Waals surface area contributed by atoms with Gasteiger partial charge in [-0.2, -0.15) is 0 Å². The van der Waals surface area contributed by atoms with Crippen LogP contribution < -0.4 is 10.7 Å². The van der Waals surface area contributed by atoms with Crippen LogP contribution in [0.4, 0.5) is 0 Å². The standard InChI is InChI=1S/C19H27N3O/c1-5-6-15-11-18(23)22-17(20-15)12-16(21-22)13-7-9-14(10-8-13)19(2,3)4/h7-11,16-17,20-21H,5-6,12H2,1-4H3. The van der Waals surface area contributed by atoms with Crippen molar-refractivity contribution in [2.24, 2.45) is 0 Å². The van der Waals surface area contributed by atoms with Gasteiger partial charge in [0.25, 0.3) is 5.91 Å². The van der Waals surface area contributed by atoms with Gasteiger partial charge in [0.05, 0.1) is 6.04 Å². The molecule has 4 heteroatoms. The highest BCUT2D eigenvalue weighted by molar-refractivity contribution is 5.89. The molecule has 124 valence electrons.